The second-order valence-electron chi connectivity index (χ2n) is 3.85. The Bertz CT molecular complexity index is 165. The molecule has 1 amide bonds. The normalized spacial score (nSPS) is 25.4. The van der Waals surface area contributed by atoms with Gasteiger partial charge < -0.3 is 10.4 Å². The van der Waals surface area contributed by atoms with E-state index in [1.165, 1.54) is 0 Å². The third kappa shape index (κ3) is 1.71. The van der Waals surface area contributed by atoms with Gasteiger partial charge in [-0.15, -0.1) is 0 Å². The van der Waals surface area contributed by atoms with Crippen LogP contribution in [0.25, 0.3) is 0 Å². The van der Waals surface area contributed by atoms with Gasteiger partial charge >= 0.3 is 0 Å². The largest absolute Gasteiger partial charge is 0.396 e. The molecule has 0 aromatic heterocycles. The number of amides is 1. The van der Waals surface area contributed by atoms with Gasteiger partial charge in [-0.3, -0.25) is 4.79 Å². The van der Waals surface area contributed by atoms with Crippen LogP contribution in [-0.4, -0.2) is 24.2 Å². The standard InChI is InChI=1S/C8H15NO2/c1-8(2,5-10)6-3-7(11)9-4-6/h6,10H,3-5H2,1-2H3,(H,9,11). The molecule has 1 unspecified atom stereocenters. The SMILES string of the molecule is CC(C)(CO)C1CNC(=O)C1. The Morgan fingerprint density at radius 2 is 2.36 bits per heavy atom. The van der Waals surface area contributed by atoms with Crippen LogP contribution in [0.15, 0.2) is 0 Å². The van der Waals surface area contributed by atoms with E-state index in [1.54, 1.807) is 0 Å². The maximum absolute atomic E-state index is 10.8. The lowest BCUT2D eigenvalue weighted by atomic mass is 9.79. The number of aliphatic hydroxyl groups is 1. The van der Waals surface area contributed by atoms with Gasteiger partial charge in [0.25, 0.3) is 0 Å². The van der Waals surface area contributed by atoms with Crippen molar-refractivity contribution in [2.24, 2.45) is 11.3 Å². The molecule has 1 saturated heterocycles. The van der Waals surface area contributed by atoms with Crippen LogP contribution in [-0.2, 0) is 4.79 Å². The van der Waals surface area contributed by atoms with Crippen molar-refractivity contribution in [3.8, 4) is 0 Å². The minimum absolute atomic E-state index is 0.108. The highest BCUT2D eigenvalue weighted by atomic mass is 16.3. The minimum atomic E-state index is -0.126. The summed E-state index contributed by atoms with van der Waals surface area (Å²) < 4.78 is 0. The van der Waals surface area contributed by atoms with E-state index in [0.717, 1.165) is 0 Å². The molecule has 1 fully saturated rings. The minimum Gasteiger partial charge on any atom is -0.396 e. The number of hydrogen-bond acceptors (Lipinski definition) is 2. The Morgan fingerprint density at radius 1 is 1.73 bits per heavy atom. The molecule has 0 aliphatic carbocycles. The van der Waals surface area contributed by atoms with E-state index >= 15 is 0 Å². The molecule has 0 radical (unpaired) electrons. The molecule has 1 heterocycles. The number of carbonyl (C=O) groups excluding carboxylic acids is 1. The lowest BCUT2D eigenvalue weighted by molar-refractivity contribution is -0.119. The average Bonchev–Trinajstić information content (AvgIpc) is 2.36. The van der Waals surface area contributed by atoms with Gasteiger partial charge in [0.1, 0.15) is 0 Å². The zero-order chi connectivity index (χ0) is 8.48. The molecule has 3 nitrogen and oxygen atoms in total. The molecule has 1 rings (SSSR count). The maximum atomic E-state index is 10.8. The summed E-state index contributed by atoms with van der Waals surface area (Å²) >= 11 is 0. The van der Waals surface area contributed by atoms with Crippen LogP contribution in [0.4, 0.5) is 0 Å². The van der Waals surface area contributed by atoms with Crippen molar-refractivity contribution in [3.05, 3.63) is 0 Å². The highest BCUT2D eigenvalue weighted by Crippen LogP contribution is 2.30. The van der Waals surface area contributed by atoms with Gasteiger partial charge in [0.05, 0.1) is 0 Å². The fourth-order valence-corrected chi connectivity index (χ4v) is 1.29. The smallest absolute Gasteiger partial charge is 0.220 e. The van der Waals surface area contributed by atoms with Crippen molar-refractivity contribution in [2.75, 3.05) is 13.2 Å². The Balaban J connectivity index is 2.55. The summed E-state index contributed by atoms with van der Waals surface area (Å²) in [4.78, 5) is 10.8. The third-order valence-corrected chi connectivity index (χ3v) is 2.49. The Kier molecular flexibility index (Phi) is 2.18. The summed E-state index contributed by atoms with van der Waals surface area (Å²) in [7, 11) is 0. The summed E-state index contributed by atoms with van der Waals surface area (Å²) in [6.07, 6.45) is 0.563. The number of carbonyl (C=O) groups is 1. The molecule has 3 heteroatoms. The van der Waals surface area contributed by atoms with Crippen molar-refractivity contribution >= 4 is 5.91 Å². The molecule has 0 aromatic carbocycles. The fraction of sp³-hybridized carbons (Fsp3) is 0.875. The molecular weight excluding hydrogens is 142 g/mol. The van der Waals surface area contributed by atoms with Crippen LogP contribution in [0, 0.1) is 11.3 Å². The van der Waals surface area contributed by atoms with Crippen LogP contribution >= 0.6 is 0 Å². The third-order valence-electron chi connectivity index (χ3n) is 2.49. The first kappa shape index (κ1) is 8.53. The van der Waals surface area contributed by atoms with Crippen LogP contribution in [0.2, 0.25) is 0 Å². The van der Waals surface area contributed by atoms with Gasteiger partial charge in [0.2, 0.25) is 5.91 Å². The fourth-order valence-electron chi connectivity index (χ4n) is 1.29. The van der Waals surface area contributed by atoms with Gasteiger partial charge in [-0.1, -0.05) is 13.8 Å². The van der Waals surface area contributed by atoms with E-state index in [2.05, 4.69) is 5.32 Å². The van der Waals surface area contributed by atoms with Crippen molar-refractivity contribution in [2.45, 2.75) is 20.3 Å². The van der Waals surface area contributed by atoms with E-state index in [-0.39, 0.29) is 17.9 Å². The summed E-state index contributed by atoms with van der Waals surface area (Å²) in [5.41, 5.74) is -0.126. The van der Waals surface area contributed by atoms with Crippen LogP contribution in [0.5, 0.6) is 0 Å². The van der Waals surface area contributed by atoms with E-state index < -0.39 is 0 Å². The van der Waals surface area contributed by atoms with Crippen LogP contribution in [0.1, 0.15) is 20.3 Å². The quantitative estimate of drug-likeness (QED) is 0.599. The van der Waals surface area contributed by atoms with Crippen molar-refractivity contribution in [3.63, 3.8) is 0 Å². The number of aliphatic hydroxyl groups excluding tert-OH is 1. The monoisotopic (exact) mass is 157 g/mol. The zero-order valence-corrected chi connectivity index (χ0v) is 7.05. The maximum Gasteiger partial charge on any atom is 0.220 e. The Morgan fingerprint density at radius 3 is 2.73 bits per heavy atom. The van der Waals surface area contributed by atoms with E-state index in [4.69, 9.17) is 5.11 Å². The molecule has 0 aromatic rings. The number of nitrogens with one attached hydrogen (secondary N) is 1. The van der Waals surface area contributed by atoms with Gasteiger partial charge in [0, 0.05) is 19.6 Å². The van der Waals surface area contributed by atoms with Gasteiger partial charge in [-0.2, -0.15) is 0 Å². The van der Waals surface area contributed by atoms with E-state index in [9.17, 15) is 4.79 Å². The first-order chi connectivity index (χ1) is 5.06. The van der Waals surface area contributed by atoms with Crippen molar-refractivity contribution < 1.29 is 9.90 Å². The predicted molar refractivity (Wildman–Crippen MR) is 42.0 cm³/mol. The molecule has 0 bridgehead atoms. The predicted octanol–water partition coefficient (Wildman–Crippen LogP) is 0.141. The highest BCUT2D eigenvalue weighted by molar-refractivity contribution is 5.78. The molecule has 1 aliphatic rings. The Labute approximate surface area is 66.8 Å². The molecule has 64 valence electrons. The van der Waals surface area contributed by atoms with Crippen LogP contribution < -0.4 is 5.32 Å². The molecular formula is C8H15NO2. The van der Waals surface area contributed by atoms with Crippen molar-refractivity contribution in [1.82, 2.24) is 5.32 Å². The van der Waals surface area contributed by atoms with E-state index in [1.807, 2.05) is 13.8 Å². The molecule has 11 heavy (non-hydrogen) atoms. The lowest BCUT2D eigenvalue weighted by Crippen LogP contribution is -2.29. The molecule has 1 atom stereocenters. The van der Waals surface area contributed by atoms with E-state index in [0.29, 0.717) is 18.9 Å². The summed E-state index contributed by atoms with van der Waals surface area (Å²) in [6.45, 7) is 4.83. The summed E-state index contributed by atoms with van der Waals surface area (Å²) in [5, 5.41) is 11.8. The molecule has 0 saturated carbocycles. The Hall–Kier alpha value is -0.570. The van der Waals surface area contributed by atoms with Gasteiger partial charge in [-0.05, 0) is 11.3 Å². The first-order valence-electron chi connectivity index (χ1n) is 3.94. The molecule has 0 spiro atoms. The topological polar surface area (TPSA) is 49.3 Å². The number of hydrogen-bond donors (Lipinski definition) is 2. The second-order valence-corrected chi connectivity index (χ2v) is 3.85. The summed E-state index contributed by atoms with van der Waals surface area (Å²) in [5.74, 6) is 0.400. The molecule has 2 N–H and O–H groups in total. The number of rotatable bonds is 2. The average molecular weight is 157 g/mol. The lowest BCUT2D eigenvalue weighted by Gasteiger charge is -2.27. The first-order valence-corrected chi connectivity index (χ1v) is 3.94. The van der Waals surface area contributed by atoms with Gasteiger partial charge in [0.15, 0.2) is 0 Å². The second kappa shape index (κ2) is 2.81. The van der Waals surface area contributed by atoms with Crippen LogP contribution in [0.3, 0.4) is 0 Å². The summed E-state index contributed by atoms with van der Waals surface area (Å²) in [6, 6.07) is 0. The molecule has 1 aliphatic heterocycles. The highest BCUT2D eigenvalue weighted by Gasteiger charge is 2.34. The zero-order valence-electron chi connectivity index (χ0n) is 7.05. The van der Waals surface area contributed by atoms with Crippen molar-refractivity contribution in [1.29, 1.82) is 0 Å². The van der Waals surface area contributed by atoms with Gasteiger partial charge in [-0.25, -0.2) is 0 Å².